The van der Waals surface area contributed by atoms with Gasteiger partial charge in [-0.05, 0) is 31.9 Å². The molecule has 0 radical (unpaired) electrons. The molecule has 0 saturated carbocycles. The molecule has 0 fully saturated rings. The summed E-state index contributed by atoms with van der Waals surface area (Å²) in [6, 6.07) is 5.90. The van der Waals surface area contributed by atoms with Gasteiger partial charge in [-0.15, -0.1) is 6.58 Å². The highest BCUT2D eigenvalue weighted by Crippen LogP contribution is 2.21. The average Bonchev–Trinajstić information content (AvgIpc) is 2.56. The molecule has 0 aliphatic rings. The summed E-state index contributed by atoms with van der Waals surface area (Å²) in [6.45, 7) is 9.55. The molecule has 6 heteroatoms. The zero-order valence-electron chi connectivity index (χ0n) is 14.5. The average molecular weight is 335 g/mol. The molecule has 1 atom stereocenters. The summed E-state index contributed by atoms with van der Waals surface area (Å²) in [7, 11) is 0. The summed E-state index contributed by atoms with van der Waals surface area (Å²) in [5, 5.41) is 2.63. The molecule has 1 aromatic carbocycles. The Bertz CT molecular complexity index is 550. The monoisotopic (exact) mass is 335 g/mol. The van der Waals surface area contributed by atoms with E-state index in [1.807, 2.05) is 32.0 Å². The quantitative estimate of drug-likeness (QED) is 0.402. The molecular formula is C18H25NO5. The lowest BCUT2D eigenvalue weighted by Crippen LogP contribution is -2.34. The first kappa shape index (κ1) is 19.7. The smallest absolute Gasteiger partial charge is 0.335 e. The number of rotatable bonds is 10. The molecule has 1 unspecified atom stereocenters. The molecule has 0 heterocycles. The Morgan fingerprint density at radius 2 is 1.96 bits per heavy atom. The van der Waals surface area contributed by atoms with E-state index in [-0.39, 0.29) is 19.1 Å². The second-order valence-corrected chi connectivity index (χ2v) is 5.29. The molecule has 1 amide bonds. The van der Waals surface area contributed by atoms with Gasteiger partial charge in [-0.2, -0.15) is 0 Å². The van der Waals surface area contributed by atoms with Crippen molar-refractivity contribution in [3.05, 3.63) is 42.0 Å². The number of aryl methyl sites for hydroxylation is 2. The molecule has 132 valence electrons. The van der Waals surface area contributed by atoms with Gasteiger partial charge in [-0.25, -0.2) is 4.79 Å². The first-order valence-corrected chi connectivity index (χ1v) is 7.80. The number of carbonyl (C=O) groups excluding carboxylic acids is 2. The van der Waals surface area contributed by atoms with Crippen LogP contribution >= 0.6 is 0 Å². The van der Waals surface area contributed by atoms with E-state index < -0.39 is 12.1 Å². The molecule has 1 rings (SSSR count). The molecule has 1 N–H and O–H groups in total. The minimum atomic E-state index is -0.733. The lowest BCUT2D eigenvalue weighted by molar-refractivity contribution is -0.158. The lowest BCUT2D eigenvalue weighted by Gasteiger charge is -2.13. The summed E-state index contributed by atoms with van der Waals surface area (Å²) < 4.78 is 15.7. The third-order valence-electron chi connectivity index (χ3n) is 3.22. The maximum Gasteiger partial charge on any atom is 0.335 e. The van der Waals surface area contributed by atoms with E-state index in [0.29, 0.717) is 13.2 Å². The van der Waals surface area contributed by atoms with Crippen molar-refractivity contribution in [2.24, 2.45) is 0 Å². The van der Waals surface area contributed by atoms with Gasteiger partial charge in [-0.1, -0.05) is 24.3 Å². The van der Waals surface area contributed by atoms with Crippen LogP contribution in [-0.4, -0.2) is 44.3 Å². The molecule has 0 aliphatic heterocycles. The summed E-state index contributed by atoms with van der Waals surface area (Å²) >= 11 is 0. The maximum absolute atomic E-state index is 11.6. The predicted molar refractivity (Wildman–Crippen MR) is 91.0 cm³/mol. The van der Waals surface area contributed by atoms with Crippen molar-refractivity contribution in [3.8, 4) is 5.75 Å². The number of ether oxygens (including phenoxy) is 3. The highest BCUT2D eigenvalue weighted by molar-refractivity contribution is 5.81. The number of hydrogen-bond acceptors (Lipinski definition) is 5. The van der Waals surface area contributed by atoms with Crippen LogP contribution in [0.1, 0.15) is 18.1 Å². The second kappa shape index (κ2) is 10.4. The van der Waals surface area contributed by atoms with E-state index in [0.717, 1.165) is 16.9 Å². The molecule has 0 aliphatic carbocycles. The molecule has 24 heavy (non-hydrogen) atoms. The zero-order valence-corrected chi connectivity index (χ0v) is 14.5. The van der Waals surface area contributed by atoms with Crippen molar-refractivity contribution in [2.75, 3.05) is 26.4 Å². The van der Waals surface area contributed by atoms with Gasteiger partial charge in [0, 0.05) is 0 Å². The van der Waals surface area contributed by atoms with Crippen LogP contribution in [0.15, 0.2) is 30.9 Å². The van der Waals surface area contributed by atoms with Crippen LogP contribution in [0.5, 0.6) is 5.75 Å². The fraction of sp³-hybridized carbons (Fsp3) is 0.444. The SMILES string of the molecule is C=CCOC(C)C(=O)OCC(=O)NCCOc1c(C)cccc1C. The first-order valence-electron chi connectivity index (χ1n) is 7.80. The van der Waals surface area contributed by atoms with Crippen LogP contribution in [0.3, 0.4) is 0 Å². The van der Waals surface area contributed by atoms with E-state index in [9.17, 15) is 9.59 Å². The summed E-state index contributed by atoms with van der Waals surface area (Å²) in [4.78, 5) is 23.2. The fourth-order valence-electron chi connectivity index (χ4n) is 1.96. The van der Waals surface area contributed by atoms with Gasteiger partial charge >= 0.3 is 5.97 Å². The fourth-order valence-corrected chi connectivity index (χ4v) is 1.96. The van der Waals surface area contributed by atoms with Gasteiger partial charge in [0.05, 0.1) is 13.2 Å². The summed E-state index contributed by atoms with van der Waals surface area (Å²) in [5.41, 5.74) is 2.09. The molecule has 6 nitrogen and oxygen atoms in total. The van der Waals surface area contributed by atoms with Crippen molar-refractivity contribution < 1.29 is 23.8 Å². The first-order chi connectivity index (χ1) is 11.5. The molecule has 1 aromatic rings. The maximum atomic E-state index is 11.6. The van der Waals surface area contributed by atoms with Crippen molar-refractivity contribution in [1.29, 1.82) is 0 Å². The van der Waals surface area contributed by atoms with Gasteiger partial charge < -0.3 is 19.5 Å². The predicted octanol–water partition coefficient (Wildman–Crippen LogP) is 1.93. The van der Waals surface area contributed by atoms with Crippen LogP contribution in [-0.2, 0) is 19.1 Å². The Kier molecular flexibility index (Phi) is 8.57. The Morgan fingerprint density at radius 3 is 2.58 bits per heavy atom. The molecule has 0 aromatic heterocycles. The number of hydrogen-bond donors (Lipinski definition) is 1. The molecule has 0 saturated heterocycles. The number of para-hydroxylation sites is 1. The lowest BCUT2D eigenvalue weighted by atomic mass is 10.1. The molecule has 0 bridgehead atoms. The molecular weight excluding hydrogens is 310 g/mol. The Balaban J connectivity index is 2.22. The van der Waals surface area contributed by atoms with Gasteiger partial charge in [0.15, 0.2) is 12.7 Å². The van der Waals surface area contributed by atoms with Crippen LogP contribution in [0.25, 0.3) is 0 Å². The van der Waals surface area contributed by atoms with Crippen LogP contribution in [0.4, 0.5) is 0 Å². The van der Waals surface area contributed by atoms with Crippen LogP contribution < -0.4 is 10.1 Å². The van der Waals surface area contributed by atoms with Crippen molar-refractivity contribution >= 4 is 11.9 Å². The standard InChI is InChI=1S/C18H25NO5/c1-5-10-22-15(4)18(21)24-12-16(20)19-9-11-23-17-13(2)7-6-8-14(17)3/h5-8,15H,1,9-12H2,2-4H3,(H,19,20). The number of nitrogens with one attached hydrogen (secondary N) is 1. The Hall–Kier alpha value is -2.34. The molecule has 0 spiro atoms. The third kappa shape index (κ3) is 6.83. The van der Waals surface area contributed by atoms with Gasteiger partial charge in [0.2, 0.25) is 0 Å². The number of benzene rings is 1. The van der Waals surface area contributed by atoms with E-state index in [1.165, 1.54) is 6.08 Å². The van der Waals surface area contributed by atoms with E-state index >= 15 is 0 Å². The summed E-state index contributed by atoms with van der Waals surface area (Å²) in [6.07, 6.45) is 0.801. The second-order valence-electron chi connectivity index (χ2n) is 5.29. The zero-order chi connectivity index (χ0) is 17.9. The van der Waals surface area contributed by atoms with Gasteiger partial charge in [0.1, 0.15) is 12.4 Å². The number of amides is 1. The van der Waals surface area contributed by atoms with E-state index in [2.05, 4.69) is 11.9 Å². The van der Waals surface area contributed by atoms with E-state index in [4.69, 9.17) is 14.2 Å². The highest BCUT2D eigenvalue weighted by atomic mass is 16.6. The Labute approximate surface area is 142 Å². The summed E-state index contributed by atoms with van der Waals surface area (Å²) in [5.74, 6) is -0.144. The number of carbonyl (C=O) groups is 2. The third-order valence-corrected chi connectivity index (χ3v) is 3.22. The topological polar surface area (TPSA) is 73.9 Å². The minimum Gasteiger partial charge on any atom is -0.491 e. The van der Waals surface area contributed by atoms with Gasteiger partial charge in [0.25, 0.3) is 5.91 Å². The van der Waals surface area contributed by atoms with Crippen molar-refractivity contribution in [3.63, 3.8) is 0 Å². The van der Waals surface area contributed by atoms with Crippen LogP contribution in [0, 0.1) is 13.8 Å². The minimum absolute atomic E-state index is 0.248. The number of esters is 1. The largest absolute Gasteiger partial charge is 0.491 e. The normalized spacial score (nSPS) is 11.5. The van der Waals surface area contributed by atoms with E-state index in [1.54, 1.807) is 6.92 Å². The van der Waals surface area contributed by atoms with Gasteiger partial charge in [-0.3, -0.25) is 4.79 Å². The van der Waals surface area contributed by atoms with Crippen molar-refractivity contribution in [2.45, 2.75) is 26.9 Å². The van der Waals surface area contributed by atoms with Crippen LogP contribution in [0.2, 0.25) is 0 Å². The highest BCUT2D eigenvalue weighted by Gasteiger charge is 2.15. The Morgan fingerprint density at radius 1 is 1.29 bits per heavy atom. The van der Waals surface area contributed by atoms with Crippen molar-refractivity contribution in [1.82, 2.24) is 5.32 Å².